The van der Waals surface area contributed by atoms with Crippen LogP contribution >= 0.6 is 0 Å². The van der Waals surface area contributed by atoms with Gasteiger partial charge in [0.1, 0.15) is 11.6 Å². The van der Waals surface area contributed by atoms with Crippen LogP contribution in [0.2, 0.25) is 0 Å². The summed E-state index contributed by atoms with van der Waals surface area (Å²) in [5.41, 5.74) is 11.4. The molecular weight excluding hydrogens is 262 g/mol. The first-order chi connectivity index (χ1) is 9.33. The molecule has 0 saturated carbocycles. The molecule has 7 heteroatoms. The highest BCUT2D eigenvalue weighted by Crippen LogP contribution is 2.28. The number of carboxylic acids is 2. The van der Waals surface area contributed by atoms with E-state index in [9.17, 15) is 14.7 Å². The largest absolute Gasteiger partial charge is 0.480 e. The number of benzene rings is 1. The molecule has 0 spiro atoms. The van der Waals surface area contributed by atoms with Crippen molar-refractivity contribution in [3.8, 4) is 0 Å². The van der Waals surface area contributed by atoms with Gasteiger partial charge in [0.25, 0.3) is 0 Å². The average Bonchev–Trinajstić information content (AvgIpc) is 2.71. The fourth-order valence-electron chi connectivity index (χ4n) is 2.47. The highest BCUT2D eigenvalue weighted by molar-refractivity contribution is 5.83. The molecule has 2 atom stereocenters. The molecule has 0 bridgehead atoms. The molecule has 2 rings (SSSR count). The van der Waals surface area contributed by atoms with E-state index in [0.717, 1.165) is 5.56 Å². The van der Waals surface area contributed by atoms with Crippen molar-refractivity contribution < 1.29 is 19.8 Å². The number of aliphatic carboxylic acids is 2. The van der Waals surface area contributed by atoms with Crippen LogP contribution in [0.1, 0.15) is 12.0 Å². The van der Waals surface area contributed by atoms with Crippen molar-refractivity contribution in [1.29, 1.82) is 0 Å². The lowest BCUT2D eigenvalue weighted by Gasteiger charge is -2.22. The Morgan fingerprint density at radius 3 is 2.55 bits per heavy atom. The Hall–Kier alpha value is -2.12. The number of likely N-dealkylation sites (tertiary alicyclic amines) is 1. The smallest absolute Gasteiger partial charge is 0.325 e. The third kappa shape index (κ3) is 2.59. The Balaban J connectivity index is 2.23. The third-order valence-electron chi connectivity index (χ3n) is 3.62. The van der Waals surface area contributed by atoms with E-state index in [1.54, 1.807) is 29.2 Å². The fourth-order valence-corrected chi connectivity index (χ4v) is 2.47. The minimum atomic E-state index is -1.54. The molecule has 1 aromatic carbocycles. The molecule has 0 unspecified atom stereocenters. The van der Waals surface area contributed by atoms with Gasteiger partial charge >= 0.3 is 11.9 Å². The number of carboxylic acid groups (broad SMARTS) is 2. The standard InChI is InChI=1S/C13H17N3O4/c14-9-4-2-1-3-8(9)6-16-7-13(15,12(19)20)5-10(16)11(17)18/h1-4,10H,5-7,14-15H2,(H,17,18)(H,19,20)/t10-,13-/m1/s1. The number of carbonyl (C=O) groups is 2. The van der Waals surface area contributed by atoms with Crippen molar-refractivity contribution in [3.05, 3.63) is 29.8 Å². The number of para-hydroxylation sites is 1. The van der Waals surface area contributed by atoms with Gasteiger partial charge in [-0.2, -0.15) is 0 Å². The van der Waals surface area contributed by atoms with E-state index in [0.29, 0.717) is 5.69 Å². The van der Waals surface area contributed by atoms with E-state index < -0.39 is 23.5 Å². The van der Waals surface area contributed by atoms with Crippen LogP contribution in [0.25, 0.3) is 0 Å². The zero-order valence-corrected chi connectivity index (χ0v) is 10.8. The molecule has 108 valence electrons. The van der Waals surface area contributed by atoms with Gasteiger partial charge in [-0.3, -0.25) is 14.5 Å². The van der Waals surface area contributed by atoms with Gasteiger partial charge in [-0.25, -0.2) is 0 Å². The normalized spacial score (nSPS) is 26.6. The van der Waals surface area contributed by atoms with Crippen LogP contribution in [0.3, 0.4) is 0 Å². The molecule has 6 N–H and O–H groups in total. The lowest BCUT2D eigenvalue weighted by Crippen LogP contribution is -2.50. The lowest BCUT2D eigenvalue weighted by atomic mass is 9.98. The van der Waals surface area contributed by atoms with Crippen LogP contribution in [-0.2, 0) is 16.1 Å². The molecule has 1 aliphatic rings. The van der Waals surface area contributed by atoms with Crippen molar-refractivity contribution >= 4 is 17.6 Å². The zero-order valence-electron chi connectivity index (χ0n) is 10.8. The van der Waals surface area contributed by atoms with Crippen molar-refractivity contribution in [2.45, 2.75) is 24.5 Å². The summed E-state index contributed by atoms with van der Waals surface area (Å²) in [6.45, 7) is 0.240. The topological polar surface area (TPSA) is 130 Å². The van der Waals surface area contributed by atoms with Crippen molar-refractivity contribution in [3.63, 3.8) is 0 Å². The number of hydrogen-bond acceptors (Lipinski definition) is 5. The van der Waals surface area contributed by atoms with E-state index >= 15 is 0 Å². The summed E-state index contributed by atoms with van der Waals surface area (Å²) < 4.78 is 0. The van der Waals surface area contributed by atoms with E-state index in [2.05, 4.69) is 0 Å². The van der Waals surface area contributed by atoms with Gasteiger partial charge in [0.2, 0.25) is 0 Å². The first-order valence-corrected chi connectivity index (χ1v) is 6.16. The van der Waals surface area contributed by atoms with E-state index in [4.69, 9.17) is 16.6 Å². The van der Waals surface area contributed by atoms with Crippen LogP contribution in [-0.4, -0.2) is 45.2 Å². The van der Waals surface area contributed by atoms with Gasteiger partial charge in [0, 0.05) is 25.2 Å². The van der Waals surface area contributed by atoms with Gasteiger partial charge in [-0.15, -0.1) is 0 Å². The van der Waals surface area contributed by atoms with E-state index in [1.807, 2.05) is 0 Å². The Bertz CT molecular complexity index is 548. The second-order valence-corrected chi connectivity index (χ2v) is 5.12. The molecule has 0 aromatic heterocycles. The van der Waals surface area contributed by atoms with Crippen LogP contribution in [0.5, 0.6) is 0 Å². The molecule has 1 saturated heterocycles. The van der Waals surface area contributed by atoms with Crippen molar-refractivity contribution in [1.82, 2.24) is 4.90 Å². The Morgan fingerprint density at radius 2 is 2.00 bits per heavy atom. The first kappa shape index (κ1) is 14.3. The number of rotatable bonds is 4. The molecule has 1 fully saturated rings. The quantitative estimate of drug-likeness (QED) is 0.557. The summed E-state index contributed by atoms with van der Waals surface area (Å²) in [5, 5.41) is 18.4. The summed E-state index contributed by atoms with van der Waals surface area (Å²) >= 11 is 0. The second-order valence-electron chi connectivity index (χ2n) is 5.12. The highest BCUT2D eigenvalue weighted by Gasteiger charge is 2.49. The maximum Gasteiger partial charge on any atom is 0.325 e. The Kier molecular flexibility index (Phi) is 3.65. The van der Waals surface area contributed by atoms with Gasteiger partial charge in [0.05, 0.1) is 0 Å². The molecule has 1 aromatic rings. The lowest BCUT2D eigenvalue weighted by molar-refractivity contribution is -0.142. The summed E-state index contributed by atoms with van der Waals surface area (Å²) in [7, 11) is 0. The number of hydrogen-bond donors (Lipinski definition) is 4. The Labute approximate surface area is 115 Å². The van der Waals surface area contributed by atoms with Crippen LogP contribution in [0.4, 0.5) is 5.69 Å². The molecule has 1 heterocycles. The SMILES string of the molecule is Nc1ccccc1CN1C[C@@](N)(C(=O)O)C[C@@H]1C(=O)O. The zero-order chi connectivity index (χ0) is 14.9. The van der Waals surface area contributed by atoms with Crippen LogP contribution in [0, 0.1) is 0 Å². The third-order valence-corrected chi connectivity index (χ3v) is 3.62. The van der Waals surface area contributed by atoms with E-state index in [1.165, 1.54) is 0 Å². The summed E-state index contributed by atoms with van der Waals surface area (Å²) in [6, 6.07) is 6.15. The van der Waals surface area contributed by atoms with Gasteiger partial charge < -0.3 is 21.7 Å². The van der Waals surface area contributed by atoms with Crippen molar-refractivity contribution in [2.75, 3.05) is 12.3 Å². The fraction of sp³-hybridized carbons (Fsp3) is 0.385. The minimum absolute atomic E-state index is 0.0202. The van der Waals surface area contributed by atoms with Crippen LogP contribution in [0.15, 0.2) is 24.3 Å². The number of nitrogen functional groups attached to an aromatic ring is 1. The molecule has 0 radical (unpaired) electrons. The van der Waals surface area contributed by atoms with Gasteiger partial charge in [0.15, 0.2) is 0 Å². The molecule has 0 amide bonds. The number of nitrogens with zero attached hydrogens (tertiary/aromatic N) is 1. The van der Waals surface area contributed by atoms with Gasteiger partial charge in [-0.05, 0) is 11.6 Å². The van der Waals surface area contributed by atoms with Gasteiger partial charge in [-0.1, -0.05) is 18.2 Å². The molecular formula is C13H17N3O4. The highest BCUT2D eigenvalue weighted by atomic mass is 16.4. The molecule has 20 heavy (non-hydrogen) atoms. The summed E-state index contributed by atoms with van der Waals surface area (Å²) in [4.78, 5) is 24.0. The second kappa shape index (κ2) is 5.10. The minimum Gasteiger partial charge on any atom is -0.480 e. The maximum absolute atomic E-state index is 11.3. The number of anilines is 1. The Morgan fingerprint density at radius 1 is 1.35 bits per heavy atom. The van der Waals surface area contributed by atoms with E-state index in [-0.39, 0.29) is 19.5 Å². The molecule has 1 aliphatic heterocycles. The maximum atomic E-state index is 11.3. The van der Waals surface area contributed by atoms with Crippen molar-refractivity contribution in [2.24, 2.45) is 5.73 Å². The molecule has 0 aliphatic carbocycles. The predicted molar refractivity (Wildman–Crippen MR) is 71.9 cm³/mol. The summed E-state index contributed by atoms with van der Waals surface area (Å²) in [5.74, 6) is -2.26. The summed E-state index contributed by atoms with van der Waals surface area (Å²) in [6.07, 6.45) is -0.121. The van der Waals surface area contributed by atoms with Crippen LogP contribution < -0.4 is 11.5 Å². The molecule has 7 nitrogen and oxygen atoms in total. The monoisotopic (exact) mass is 279 g/mol. The first-order valence-electron chi connectivity index (χ1n) is 6.16. The average molecular weight is 279 g/mol. The predicted octanol–water partition coefficient (Wildman–Crippen LogP) is -0.290. The number of nitrogens with two attached hydrogens (primary N) is 2.